The van der Waals surface area contributed by atoms with Gasteiger partial charge in [0.2, 0.25) is 0 Å². The molecule has 12 heteroatoms. The number of pyridine rings is 1. The Morgan fingerprint density at radius 3 is 2.25 bits per heavy atom. The largest absolute Gasteiger partial charge is 0.496 e. The Hall–Kier alpha value is -3.14. The predicted molar refractivity (Wildman–Crippen MR) is 175 cm³/mol. The molecule has 0 aliphatic carbocycles. The number of nitrogens with one attached hydrogen (secondary N) is 1. The third-order valence-corrected chi connectivity index (χ3v) is 9.74. The second-order valence-corrected chi connectivity index (χ2v) is 12.6. The first-order valence-electron chi connectivity index (χ1n) is 14.4. The number of ether oxygens (including phenoxy) is 4. The van der Waals surface area contributed by atoms with E-state index in [1.165, 1.54) is 17.6 Å². The Bertz CT molecular complexity index is 1660. The van der Waals surface area contributed by atoms with Crippen LogP contribution in [0, 0.1) is 11.3 Å². The molecule has 2 aromatic carbocycles. The van der Waals surface area contributed by atoms with Gasteiger partial charge in [-0.05, 0) is 29.8 Å². The van der Waals surface area contributed by atoms with Gasteiger partial charge in [0.1, 0.15) is 17.6 Å². The van der Waals surface area contributed by atoms with Crippen LogP contribution in [0.1, 0.15) is 16.0 Å². The van der Waals surface area contributed by atoms with Crippen molar-refractivity contribution in [2.24, 2.45) is 0 Å². The Balaban J connectivity index is 1.41. The Morgan fingerprint density at radius 1 is 0.909 bits per heavy atom. The van der Waals surface area contributed by atoms with E-state index in [4.69, 9.17) is 42.1 Å². The number of fused-ring (bicyclic) bond motifs is 1. The number of thiophene rings is 1. The fourth-order valence-corrected chi connectivity index (χ4v) is 7.29. The number of rotatable bonds is 9. The second-order valence-electron chi connectivity index (χ2n) is 10.7. The minimum absolute atomic E-state index is 0.369. The highest BCUT2D eigenvalue weighted by Gasteiger charge is 2.22. The van der Waals surface area contributed by atoms with Crippen LogP contribution in [-0.2, 0) is 22.6 Å². The molecule has 0 atom stereocenters. The number of aromatic nitrogens is 1. The zero-order chi connectivity index (χ0) is 30.6. The van der Waals surface area contributed by atoms with Gasteiger partial charge < -0.3 is 24.3 Å². The summed E-state index contributed by atoms with van der Waals surface area (Å²) < 4.78 is 22.5. The van der Waals surface area contributed by atoms with E-state index >= 15 is 0 Å². The minimum atomic E-state index is 0.369. The molecule has 9 nitrogen and oxygen atoms in total. The first-order valence-corrected chi connectivity index (χ1v) is 16.0. The molecule has 0 saturated carbocycles. The zero-order valence-electron chi connectivity index (χ0n) is 24.6. The lowest BCUT2D eigenvalue weighted by Gasteiger charge is -2.28. The Kier molecular flexibility index (Phi) is 9.74. The summed E-state index contributed by atoms with van der Waals surface area (Å²) in [5.74, 6) is 1.16. The highest BCUT2D eigenvalue weighted by atomic mass is 35.5. The van der Waals surface area contributed by atoms with Gasteiger partial charge in [-0.25, -0.2) is 0 Å². The topological polar surface area (TPSA) is 92.1 Å². The summed E-state index contributed by atoms with van der Waals surface area (Å²) in [6, 6.07) is 11.8. The van der Waals surface area contributed by atoms with Gasteiger partial charge in [-0.2, -0.15) is 5.26 Å². The molecule has 230 valence electrons. The molecular weight excluding hydrogens is 621 g/mol. The van der Waals surface area contributed by atoms with Crippen molar-refractivity contribution < 1.29 is 18.9 Å². The van der Waals surface area contributed by atoms with Crippen LogP contribution in [0.5, 0.6) is 11.5 Å². The van der Waals surface area contributed by atoms with E-state index in [9.17, 15) is 5.26 Å². The summed E-state index contributed by atoms with van der Waals surface area (Å²) in [4.78, 5) is 12.0. The molecule has 4 heterocycles. The smallest absolute Gasteiger partial charge is 0.139 e. The first kappa shape index (κ1) is 30.9. The molecule has 0 unspecified atom stereocenters. The van der Waals surface area contributed by atoms with Crippen molar-refractivity contribution in [2.75, 3.05) is 72.1 Å². The summed E-state index contributed by atoms with van der Waals surface area (Å²) >= 11 is 14.6. The normalized spacial score (nSPS) is 16.2. The third kappa shape index (κ3) is 6.60. The molecule has 4 aromatic rings. The number of hydrogen-bond acceptors (Lipinski definition) is 10. The fourth-order valence-electron chi connectivity index (χ4n) is 5.55. The molecule has 2 aliphatic rings. The Morgan fingerprint density at radius 2 is 1.59 bits per heavy atom. The molecule has 2 saturated heterocycles. The van der Waals surface area contributed by atoms with Gasteiger partial charge in [0.25, 0.3) is 0 Å². The van der Waals surface area contributed by atoms with Gasteiger partial charge in [0.15, 0.2) is 0 Å². The molecule has 6 rings (SSSR count). The predicted octanol–water partition coefficient (Wildman–Crippen LogP) is 6.57. The maximum Gasteiger partial charge on any atom is 0.139 e. The molecule has 2 fully saturated rings. The first-order chi connectivity index (χ1) is 21.5. The molecule has 44 heavy (non-hydrogen) atoms. The van der Waals surface area contributed by atoms with E-state index in [0.29, 0.717) is 38.5 Å². The fraction of sp³-hybridized carbons (Fsp3) is 0.375. The van der Waals surface area contributed by atoms with Crippen LogP contribution in [0.15, 0.2) is 36.5 Å². The highest BCUT2D eigenvalue weighted by Crippen LogP contribution is 2.43. The SMILES string of the molecule is COc1cc(Nc2c(C#N)cnc3cc(-c4cc(CN5CCOCC5)c(CN5CCOCC5)s4)c(OC)cc23)c(Cl)cc1Cl. The number of methoxy groups -OCH3 is 2. The number of anilines is 2. The van der Waals surface area contributed by atoms with Crippen molar-refractivity contribution in [3.63, 3.8) is 0 Å². The summed E-state index contributed by atoms with van der Waals surface area (Å²) in [5.41, 5.74) is 4.49. The molecule has 2 aliphatic heterocycles. The van der Waals surface area contributed by atoms with E-state index in [-0.39, 0.29) is 0 Å². The van der Waals surface area contributed by atoms with Crippen molar-refractivity contribution in [1.29, 1.82) is 5.26 Å². The number of morpholine rings is 2. The van der Waals surface area contributed by atoms with Gasteiger partial charge in [0, 0.05) is 72.2 Å². The van der Waals surface area contributed by atoms with Crippen molar-refractivity contribution in [1.82, 2.24) is 14.8 Å². The lowest BCUT2D eigenvalue weighted by molar-refractivity contribution is 0.0313. The number of benzene rings is 2. The van der Waals surface area contributed by atoms with Crippen LogP contribution in [0.25, 0.3) is 21.3 Å². The standard InChI is InChI=1S/C32H33Cl2N5O4S/c1-40-28-13-22-26(36-17-21(16-35)32(22)37-27-15-29(41-2)25(34)14-24(27)33)12-23(28)30-11-20(18-38-3-7-42-8-4-38)31(44-30)19-39-5-9-43-10-6-39/h11-15,17H,3-10,18-19H2,1-2H3,(H,36,37). The molecule has 0 radical (unpaired) electrons. The number of hydrogen-bond donors (Lipinski definition) is 1. The van der Waals surface area contributed by atoms with Crippen LogP contribution in [-0.4, -0.2) is 81.6 Å². The average Bonchev–Trinajstić information content (AvgIpc) is 3.44. The molecule has 0 spiro atoms. The zero-order valence-corrected chi connectivity index (χ0v) is 26.9. The average molecular weight is 655 g/mol. The van der Waals surface area contributed by atoms with E-state index < -0.39 is 0 Å². The summed E-state index contributed by atoms with van der Waals surface area (Å²) in [6.45, 7) is 8.49. The van der Waals surface area contributed by atoms with Gasteiger partial charge in [0.05, 0.1) is 73.1 Å². The van der Waals surface area contributed by atoms with Gasteiger partial charge >= 0.3 is 0 Å². The number of halogens is 2. The van der Waals surface area contributed by atoms with Gasteiger partial charge in [-0.1, -0.05) is 23.2 Å². The Labute approximate surface area is 270 Å². The van der Waals surface area contributed by atoms with Gasteiger partial charge in [-0.15, -0.1) is 11.3 Å². The van der Waals surface area contributed by atoms with Crippen LogP contribution in [0.4, 0.5) is 11.4 Å². The lowest BCUT2D eigenvalue weighted by atomic mass is 10.0. The number of nitrogens with zero attached hydrogens (tertiary/aromatic N) is 4. The summed E-state index contributed by atoms with van der Waals surface area (Å²) in [6.07, 6.45) is 1.57. The molecule has 2 aromatic heterocycles. The second kappa shape index (κ2) is 13.9. The highest BCUT2D eigenvalue weighted by molar-refractivity contribution is 7.15. The summed E-state index contributed by atoms with van der Waals surface area (Å²) in [7, 11) is 3.20. The van der Waals surface area contributed by atoms with Crippen molar-refractivity contribution in [3.8, 4) is 28.0 Å². The number of nitriles is 1. The van der Waals surface area contributed by atoms with Crippen molar-refractivity contribution in [2.45, 2.75) is 13.1 Å². The maximum absolute atomic E-state index is 9.97. The molecule has 1 N–H and O–H groups in total. The van der Waals surface area contributed by atoms with Crippen LogP contribution >= 0.6 is 34.5 Å². The van der Waals surface area contributed by atoms with E-state index in [1.807, 2.05) is 12.1 Å². The van der Waals surface area contributed by atoms with E-state index in [2.05, 4.69) is 32.2 Å². The van der Waals surface area contributed by atoms with Crippen molar-refractivity contribution >= 4 is 56.8 Å². The van der Waals surface area contributed by atoms with Crippen LogP contribution < -0.4 is 14.8 Å². The van der Waals surface area contributed by atoms with E-state index in [1.54, 1.807) is 36.8 Å². The maximum atomic E-state index is 9.97. The van der Waals surface area contributed by atoms with Crippen LogP contribution in [0.3, 0.4) is 0 Å². The lowest BCUT2D eigenvalue weighted by Crippen LogP contribution is -2.37. The van der Waals surface area contributed by atoms with E-state index in [0.717, 1.165) is 87.0 Å². The molecule has 0 amide bonds. The quantitative estimate of drug-likeness (QED) is 0.215. The van der Waals surface area contributed by atoms with Crippen molar-refractivity contribution in [3.05, 3.63) is 62.6 Å². The third-order valence-electron chi connectivity index (χ3n) is 7.94. The van der Waals surface area contributed by atoms with Crippen LogP contribution in [0.2, 0.25) is 10.0 Å². The minimum Gasteiger partial charge on any atom is -0.496 e. The molecular formula is C32H33Cl2N5O4S. The molecule has 0 bridgehead atoms. The van der Waals surface area contributed by atoms with Gasteiger partial charge in [-0.3, -0.25) is 14.8 Å². The monoisotopic (exact) mass is 653 g/mol. The summed E-state index contributed by atoms with van der Waals surface area (Å²) in [5, 5.41) is 14.8.